The van der Waals surface area contributed by atoms with Gasteiger partial charge >= 0.3 is 0 Å². The van der Waals surface area contributed by atoms with Crippen LogP contribution in [0.4, 0.5) is 0 Å². The fourth-order valence-corrected chi connectivity index (χ4v) is 3.89. The van der Waals surface area contributed by atoms with Gasteiger partial charge in [0.15, 0.2) is 0 Å². The van der Waals surface area contributed by atoms with Crippen molar-refractivity contribution in [1.82, 2.24) is 0 Å². The minimum absolute atomic E-state index is 0.505. The Labute approximate surface area is 108 Å². The molecule has 2 rings (SSSR count). The van der Waals surface area contributed by atoms with Crippen LogP contribution in [0, 0.1) is 17.8 Å². The Kier molecular flexibility index (Phi) is 5.34. The third-order valence-electron chi connectivity index (χ3n) is 5.25. The van der Waals surface area contributed by atoms with Gasteiger partial charge in [-0.2, -0.15) is 0 Å². The molecule has 0 saturated heterocycles. The van der Waals surface area contributed by atoms with Gasteiger partial charge in [-0.05, 0) is 37.0 Å². The number of rotatable bonds is 3. The van der Waals surface area contributed by atoms with Crippen molar-refractivity contribution in [3.63, 3.8) is 0 Å². The Morgan fingerprint density at radius 3 is 2.06 bits per heavy atom. The van der Waals surface area contributed by atoms with Crippen LogP contribution >= 0.6 is 0 Å². The first-order valence-electron chi connectivity index (χ1n) is 8.01. The summed E-state index contributed by atoms with van der Waals surface area (Å²) in [6, 6.07) is 0.505. The van der Waals surface area contributed by atoms with E-state index in [9.17, 15) is 0 Å². The highest BCUT2D eigenvalue weighted by Crippen LogP contribution is 2.34. The lowest BCUT2D eigenvalue weighted by molar-refractivity contribution is 0.227. The minimum atomic E-state index is 0.505. The van der Waals surface area contributed by atoms with Crippen molar-refractivity contribution < 1.29 is 0 Å². The predicted octanol–water partition coefficient (Wildman–Crippen LogP) is 4.50. The molecule has 1 heteroatoms. The maximum Gasteiger partial charge on any atom is 0.00698 e. The molecule has 0 aromatic carbocycles. The van der Waals surface area contributed by atoms with Crippen LogP contribution in [-0.2, 0) is 0 Å². The van der Waals surface area contributed by atoms with Gasteiger partial charge in [-0.3, -0.25) is 0 Å². The molecule has 0 amide bonds. The summed E-state index contributed by atoms with van der Waals surface area (Å²) in [6.45, 7) is 2.40. The second kappa shape index (κ2) is 6.78. The van der Waals surface area contributed by atoms with Crippen LogP contribution in [0.3, 0.4) is 0 Å². The molecule has 100 valence electrons. The molecule has 2 aliphatic carbocycles. The average molecular weight is 237 g/mol. The van der Waals surface area contributed by atoms with E-state index in [1.807, 2.05) is 0 Å². The molecule has 0 aliphatic heterocycles. The van der Waals surface area contributed by atoms with Gasteiger partial charge in [-0.1, -0.05) is 58.3 Å². The molecule has 2 aliphatic rings. The van der Waals surface area contributed by atoms with Gasteiger partial charge in [-0.15, -0.1) is 0 Å². The Balaban J connectivity index is 1.73. The first-order valence-corrected chi connectivity index (χ1v) is 8.01. The molecule has 2 saturated carbocycles. The zero-order chi connectivity index (χ0) is 12.1. The minimum Gasteiger partial charge on any atom is -0.327 e. The van der Waals surface area contributed by atoms with Crippen LogP contribution in [0.25, 0.3) is 0 Å². The fourth-order valence-electron chi connectivity index (χ4n) is 3.89. The monoisotopic (exact) mass is 237 g/mol. The normalized spacial score (nSPS) is 34.2. The molecule has 1 unspecified atom stereocenters. The molecule has 17 heavy (non-hydrogen) atoms. The van der Waals surface area contributed by atoms with Crippen LogP contribution in [0.2, 0.25) is 0 Å². The molecule has 0 radical (unpaired) electrons. The lowest BCUT2D eigenvalue weighted by Crippen LogP contribution is -2.34. The Bertz CT molecular complexity index is 198. The summed E-state index contributed by atoms with van der Waals surface area (Å²) in [5.74, 6) is 2.75. The number of hydrogen-bond acceptors (Lipinski definition) is 1. The molecular weight excluding hydrogens is 206 g/mol. The molecule has 1 nitrogen and oxygen atoms in total. The van der Waals surface area contributed by atoms with Crippen molar-refractivity contribution in [1.29, 1.82) is 0 Å². The molecule has 2 N–H and O–H groups in total. The van der Waals surface area contributed by atoms with Gasteiger partial charge in [0.2, 0.25) is 0 Å². The van der Waals surface area contributed by atoms with Gasteiger partial charge in [0.1, 0.15) is 0 Å². The van der Waals surface area contributed by atoms with Crippen LogP contribution in [-0.4, -0.2) is 6.04 Å². The highest BCUT2D eigenvalue weighted by molar-refractivity contribution is 4.81. The molecule has 0 spiro atoms. The summed E-state index contributed by atoms with van der Waals surface area (Å²) >= 11 is 0. The molecule has 0 aromatic heterocycles. The maximum atomic E-state index is 6.48. The van der Waals surface area contributed by atoms with Crippen LogP contribution in [0.5, 0.6) is 0 Å². The van der Waals surface area contributed by atoms with Gasteiger partial charge in [0.05, 0.1) is 0 Å². The van der Waals surface area contributed by atoms with Gasteiger partial charge in [-0.25, -0.2) is 0 Å². The predicted molar refractivity (Wildman–Crippen MR) is 74.9 cm³/mol. The van der Waals surface area contributed by atoms with Crippen molar-refractivity contribution in [3.8, 4) is 0 Å². The second-order valence-electron chi connectivity index (χ2n) is 6.78. The van der Waals surface area contributed by atoms with E-state index < -0.39 is 0 Å². The Hall–Kier alpha value is -0.0400. The molecule has 0 bridgehead atoms. The maximum absolute atomic E-state index is 6.48. The summed E-state index contributed by atoms with van der Waals surface area (Å²) in [7, 11) is 0. The number of hydrogen-bond donors (Lipinski definition) is 1. The van der Waals surface area contributed by atoms with E-state index in [0.717, 1.165) is 17.8 Å². The standard InChI is InChI=1S/C16H31N/c1-13-8-10-15(11-9-13)16(17)12-14-6-4-2-3-5-7-14/h13-16H,2-12,17H2,1H3. The SMILES string of the molecule is CC1CCC(C(N)CC2CCCCCC2)CC1. The molecule has 0 heterocycles. The number of nitrogens with two attached hydrogens (primary N) is 1. The van der Waals surface area contributed by atoms with Crippen molar-refractivity contribution in [2.75, 3.05) is 0 Å². The third-order valence-corrected chi connectivity index (χ3v) is 5.25. The largest absolute Gasteiger partial charge is 0.327 e. The Morgan fingerprint density at radius 2 is 1.47 bits per heavy atom. The topological polar surface area (TPSA) is 26.0 Å². The van der Waals surface area contributed by atoms with E-state index in [-0.39, 0.29) is 0 Å². The fraction of sp³-hybridized carbons (Fsp3) is 1.00. The first-order chi connectivity index (χ1) is 8.25. The third kappa shape index (κ3) is 4.28. The summed E-state index contributed by atoms with van der Waals surface area (Å²) in [6.07, 6.45) is 15.7. The van der Waals surface area contributed by atoms with Crippen molar-refractivity contribution in [2.24, 2.45) is 23.5 Å². The lowest BCUT2D eigenvalue weighted by atomic mass is 9.76. The van der Waals surface area contributed by atoms with Crippen molar-refractivity contribution in [3.05, 3.63) is 0 Å². The quantitative estimate of drug-likeness (QED) is 0.719. The second-order valence-corrected chi connectivity index (χ2v) is 6.78. The highest BCUT2D eigenvalue weighted by Gasteiger charge is 2.25. The van der Waals surface area contributed by atoms with Crippen LogP contribution < -0.4 is 5.73 Å². The van der Waals surface area contributed by atoms with Crippen molar-refractivity contribution in [2.45, 2.75) is 83.6 Å². The lowest BCUT2D eigenvalue weighted by Gasteiger charge is -2.32. The van der Waals surface area contributed by atoms with Crippen molar-refractivity contribution >= 4 is 0 Å². The molecule has 0 aromatic rings. The molecule has 1 atom stereocenters. The highest BCUT2D eigenvalue weighted by atomic mass is 14.7. The van der Waals surface area contributed by atoms with E-state index in [2.05, 4.69) is 6.92 Å². The summed E-state index contributed by atoms with van der Waals surface area (Å²) in [5.41, 5.74) is 6.48. The van der Waals surface area contributed by atoms with E-state index in [4.69, 9.17) is 5.73 Å². The smallest absolute Gasteiger partial charge is 0.00698 e. The summed E-state index contributed by atoms with van der Waals surface area (Å²) in [4.78, 5) is 0. The van der Waals surface area contributed by atoms with E-state index in [1.165, 1.54) is 70.6 Å². The average Bonchev–Trinajstić information content (AvgIpc) is 2.58. The van der Waals surface area contributed by atoms with Gasteiger partial charge < -0.3 is 5.73 Å². The van der Waals surface area contributed by atoms with Gasteiger partial charge in [0, 0.05) is 6.04 Å². The van der Waals surface area contributed by atoms with E-state index in [1.54, 1.807) is 0 Å². The molecule has 2 fully saturated rings. The summed E-state index contributed by atoms with van der Waals surface area (Å²) < 4.78 is 0. The van der Waals surface area contributed by atoms with E-state index >= 15 is 0 Å². The summed E-state index contributed by atoms with van der Waals surface area (Å²) in [5, 5.41) is 0. The first kappa shape index (κ1) is 13.4. The van der Waals surface area contributed by atoms with Crippen LogP contribution in [0.1, 0.15) is 77.6 Å². The van der Waals surface area contributed by atoms with Crippen LogP contribution in [0.15, 0.2) is 0 Å². The zero-order valence-electron chi connectivity index (χ0n) is 11.7. The zero-order valence-corrected chi connectivity index (χ0v) is 11.7. The van der Waals surface area contributed by atoms with E-state index in [0.29, 0.717) is 6.04 Å². The Morgan fingerprint density at radius 1 is 0.882 bits per heavy atom. The van der Waals surface area contributed by atoms with Gasteiger partial charge in [0.25, 0.3) is 0 Å². The molecular formula is C16H31N.